The molecule has 0 spiro atoms. The molecule has 1 unspecified atom stereocenters. The molecule has 0 radical (unpaired) electrons. The number of hydrogen-bond acceptors (Lipinski definition) is 4. The van der Waals surface area contributed by atoms with E-state index in [2.05, 4.69) is 17.9 Å². The van der Waals surface area contributed by atoms with Crippen LogP contribution in [-0.2, 0) is 12.8 Å². The lowest BCUT2D eigenvalue weighted by Crippen LogP contribution is -2.42. The van der Waals surface area contributed by atoms with Crippen molar-refractivity contribution >= 4 is 23.4 Å². The highest BCUT2D eigenvalue weighted by molar-refractivity contribution is 7.99. The van der Waals surface area contributed by atoms with E-state index in [4.69, 9.17) is 16.1 Å². The number of nitrogens with one attached hydrogen (secondary N) is 1. The first kappa shape index (κ1) is 13.7. The Morgan fingerprint density at radius 1 is 1.45 bits per heavy atom. The number of amidine groups is 1. The van der Waals surface area contributed by atoms with Gasteiger partial charge in [0.25, 0.3) is 0 Å². The van der Waals surface area contributed by atoms with E-state index in [1.165, 1.54) is 24.1 Å². The Morgan fingerprint density at radius 2 is 2.25 bits per heavy atom. The summed E-state index contributed by atoms with van der Waals surface area (Å²) in [5, 5.41) is 7.88. The van der Waals surface area contributed by atoms with Gasteiger partial charge in [-0.25, -0.2) is 4.98 Å². The Labute approximate surface area is 124 Å². The zero-order valence-electron chi connectivity index (χ0n) is 12.0. The van der Waals surface area contributed by atoms with Crippen molar-refractivity contribution < 1.29 is 0 Å². The quantitative estimate of drug-likeness (QED) is 0.647. The number of hydrogen-bond donors (Lipinski definition) is 2. The van der Waals surface area contributed by atoms with Crippen molar-refractivity contribution in [1.29, 1.82) is 5.41 Å². The number of pyridine rings is 1. The number of nitrogen functional groups attached to an aromatic ring is 1. The van der Waals surface area contributed by atoms with Gasteiger partial charge in [-0.2, -0.15) is 11.8 Å². The van der Waals surface area contributed by atoms with Gasteiger partial charge in [-0.3, -0.25) is 5.41 Å². The fourth-order valence-corrected chi connectivity index (χ4v) is 4.10. The van der Waals surface area contributed by atoms with Gasteiger partial charge >= 0.3 is 0 Å². The Balaban J connectivity index is 2.05. The van der Waals surface area contributed by atoms with Crippen molar-refractivity contribution in [3.63, 3.8) is 0 Å². The first-order chi connectivity index (χ1) is 9.66. The molecule has 1 aromatic heterocycles. The van der Waals surface area contributed by atoms with Gasteiger partial charge in [0.15, 0.2) is 0 Å². The van der Waals surface area contributed by atoms with Crippen molar-refractivity contribution in [2.24, 2.45) is 5.73 Å². The van der Waals surface area contributed by atoms with E-state index in [0.29, 0.717) is 6.04 Å². The minimum absolute atomic E-state index is 0.145. The van der Waals surface area contributed by atoms with E-state index < -0.39 is 0 Å². The topological polar surface area (TPSA) is 66.0 Å². The van der Waals surface area contributed by atoms with Crippen LogP contribution in [0.4, 0.5) is 5.82 Å². The summed E-state index contributed by atoms with van der Waals surface area (Å²) in [5.74, 6) is 3.33. The molecule has 1 aliphatic heterocycles. The fourth-order valence-electron chi connectivity index (χ4n) is 3.08. The molecule has 3 N–H and O–H groups in total. The molecular formula is C15H22N4S. The Hall–Kier alpha value is -1.23. The zero-order chi connectivity index (χ0) is 14.1. The average molecular weight is 290 g/mol. The lowest BCUT2D eigenvalue weighted by atomic mass is 9.94. The third kappa shape index (κ3) is 2.51. The van der Waals surface area contributed by atoms with Gasteiger partial charge in [-0.05, 0) is 44.2 Å². The number of nitrogens with zero attached hydrogens (tertiary/aromatic N) is 2. The molecule has 1 saturated heterocycles. The van der Waals surface area contributed by atoms with Gasteiger partial charge in [0.05, 0.1) is 5.56 Å². The maximum Gasteiger partial charge on any atom is 0.140 e. The molecule has 1 atom stereocenters. The summed E-state index contributed by atoms with van der Waals surface area (Å²) in [5.41, 5.74) is 9.15. The lowest BCUT2D eigenvalue weighted by Gasteiger charge is -2.36. The number of aryl methyl sites for hydroxylation is 2. The molecule has 2 heterocycles. The summed E-state index contributed by atoms with van der Waals surface area (Å²) in [6, 6.07) is 2.58. The van der Waals surface area contributed by atoms with E-state index in [1.807, 2.05) is 11.8 Å². The van der Waals surface area contributed by atoms with Gasteiger partial charge < -0.3 is 10.6 Å². The van der Waals surface area contributed by atoms with Gasteiger partial charge in [-0.1, -0.05) is 0 Å². The normalized spacial score (nSPS) is 22.4. The molecule has 1 aromatic rings. The van der Waals surface area contributed by atoms with E-state index in [-0.39, 0.29) is 5.84 Å². The monoisotopic (exact) mass is 290 g/mol. The first-order valence-corrected chi connectivity index (χ1v) is 8.54. The second-order valence-electron chi connectivity index (χ2n) is 5.70. The molecule has 3 rings (SSSR count). The van der Waals surface area contributed by atoms with Gasteiger partial charge in [-0.15, -0.1) is 0 Å². The van der Waals surface area contributed by atoms with E-state index >= 15 is 0 Å². The number of rotatable bonds is 2. The van der Waals surface area contributed by atoms with Gasteiger partial charge in [0.1, 0.15) is 11.7 Å². The van der Waals surface area contributed by atoms with Crippen LogP contribution in [0.25, 0.3) is 0 Å². The molecular weight excluding hydrogens is 268 g/mol. The van der Waals surface area contributed by atoms with Crippen LogP contribution >= 0.6 is 11.8 Å². The molecule has 0 saturated carbocycles. The molecule has 4 nitrogen and oxygen atoms in total. The van der Waals surface area contributed by atoms with Crippen LogP contribution in [0.1, 0.15) is 36.6 Å². The number of thioether (sulfide) groups is 1. The molecule has 0 bridgehead atoms. The summed E-state index contributed by atoms with van der Waals surface area (Å²) >= 11 is 1.99. The fraction of sp³-hybridized carbons (Fsp3) is 0.600. The molecule has 0 aromatic carbocycles. The van der Waals surface area contributed by atoms with E-state index in [1.54, 1.807) is 0 Å². The highest BCUT2D eigenvalue weighted by Gasteiger charge is 2.25. The van der Waals surface area contributed by atoms with Crippen molar-refractivity contribution in [3.8, 4) is 0 Å². The zero-order valence-corrected chi connectivity index (χ0v) is 12.8. The van der Waals surface area contributed by atoms with Crippen LogP contribution in [-0.4, -0.2) is 34.9 Å². The second kappa shape index (κ2) is 5.64. The Kier molecular flexibility index (Phi) is 3.87. The minimum Gasteiger partial charge on any atom is -0.384 e. The maximum atomic E-state index is 7.88. The summed E-state index contributed by atoms with van der Waals surface area (Å²) in [6.45, 7) is 3.23. The van der Waals surface area contributed by atoms with Crippen LogP contribution < -0.4 is 10.6 Å². The summed E-state index contributed by atoms with van der Waals surface area (Å²) < 4.78 is 0. The van der Waals surface area contributed by atoms with Crippen LogP contribution in [0.3, 0.4) is 0 Å². The van der Waals surface area contributed by atoms with Crippen molar-refractivity contribution in [3.05, 3.63) is 22.9 Å². The summed E-state index contributed by atoms with van der Waals surface area (Å²) in [4.78, 5) is 7.24. The molecule has 20 heavy (non-hydrogen) atoms. The molecule has 1 fully saturated rings. The number of anilines is 1. The molecule has 108 valence electrons. The van der Waals surface area contributed by atoms with Gasteiger partial charge in [0.2, 0.25) is 0 Å². The predicted octanol–water partition coefficient (Wildman–Crippen LogP) is 2.19. The lowest BCUT2D eigenvalue weighted by molar-refractivity contribution is 0.651. The standard InChI is InChI=1S/C15H22N4S/c1-10-9-20-7-6-19(10)15-12(14(16)17)8-11-4-2-3-5-13(11)18-15/h8,10H,2-7,9H2,1H3,(H3,16,17). The molecule has 5 heteroatoms. The number of nitrogens with two attached hydrogens (primary N) is 1. The Bertz CT molecular complexity index is 529. The van der Waals surface area contributed by atoms with E-state index in [9.17, 15) is 0 Å². The van der Waals surface area contributed by atoms with Crippen LogP contribution in [0, 0.1) is 5.41 Å². The predicted molar refractivity (Wildman–Crippen MR) is 86.0 cm³/mol. The van der Waals surface area contributed by atoms with Crippen LogP contribution in [0.2, 0.25) is 0 Å². The number of aromatic nitrogens is 1. The SMILES string of the molecule is CC1CSCCN1c1nc2c(cc1C(=N)N)CCCC2. The van der Waals surface area contributed by atoms with Gasteiger partial charge in [0, 0.05) is 29.8 Å². The third-order valence-corrected chi connectivity index (χ3v) is 5.40. The van der Waals surface area contributed by atoms with Crippen molar-refractivity contribution in [2.45, 2.75) is 38.6 Å². The van der Waals surface area contributed by atoms with Crippen molar-refractivity contribution in [2.75, 3.05) is 23.0 Å². The first-order valence-electron chi connectivity index (χ1n) is 7.38. The highest BCUT2D eigenvalue weighted by atomic mass is 32.2. The summed E-state index contributed by atoms with van der Waals surface area (Å²) in [7, 11) is 0. The smallest absolute Gasteiger partial charge is 0.140 e. The molecule has 2 aliphatic rings. The average Bonchev–Trinajstić information content (AvgIpc) is 2.46. The Morgan fingerprint density at radius 3 is 3.00 bits per heavy atom. The molecule has 0 amide bonds. The minimum atomic E-state index is 0.145. The van der Waals surface area contributed by atoms with Crippen LogP contribution in [0.5, 0.6) is 0 Å². The highest BCUT2D eigenvalue weighted by Crippen LogP contribution is 2.30. The summed E-state index contributed by atoms with van der Waals surface area (Å²) in [6.07, 6.45) is 4.60. The van der Waals surface area contributed by atoms with Crippen LogP contribution in [0.15, 0.2) is 6.07 Å². The second-order valence-corrected chi connectivity index (χ2v) is 6.85. The maximum absolute atomic E-state index is 7.88. The number of fused-ring (bicyclic) bond motifs is 1. The third-order valence-electron chi connectivity index (χ3n) is 4.21. The van der Waals surface area contributed by atoms with Crippen molar-refractivity contribution in [1.82, 2.24) is 4.98 Å². The van der Waals surface area contributed by atoms with E-state index in [0.717, 1.165) is 42.3 Å². The largest absolute Gasteiger partial charge is 0.384 e. The molecule has 1 aliphatic carbocycles.